The second-order valence-corrected chi connectivity index (χ2v) is 11.8. The number of nitrogens with zero attached hydrogens (tertiary/aromatic N) is 2. The third-order valence-corrected chi connectivity index (χ3v) is 10.5. The van der Waals surface area contributed by atoms with E-state index in [4.69, 9.17) is 4.98 Å². The van der Waals surface area contributed by atoms with Crippen molar-refractivity contribution in [2.24, 2.45) is 0 Å². The second kappa shape index (κ2) is 6.69. The number of aromatic nitrogens is 2. The molecule has 0 unspecified atom stereocenters. The zero-order valence-corrected chi connectivity index (χ0v) is 19.6. The van der Waals surface area contributed by atoms with Crippen LogP contribution < -0.4 is 15.9 Å². The molecule has 0 spiro atoms. The smallest absolute Gasteiger partial charge is 0.172 e. The lowest BCUT2D eigenvalue weighted by Gasteiger charge is -2.15. The summed E-state index contributed by atoms with van der Waals surface area (Å²) in [6, 6.07) is 39.3. The highest BCUT2D eigenvalue weighted by molar-refractivity contribution is 7.86. The van der Waals surface area contributed by atoms with E-state index in [9.17, 15) is 4.57 Å². The van der Waals surface area contributed by atoms with E-state index in [0.29, 0.717) is 0 Å². The fraction of sp³-hybridized carbons (Fsp3) is 0. The number of imidazole rings is 1. The van der Waals surface area contributed by atoms with Crippen LogP contribution in [0.2, 0.25) is 0 Å². The first-order valence-corrected chi connectivity index (χ1v) is 13.5. The molecule has 0 bridgehead atoms. The molecule has 0 N–H and O–H groups in total. The van der Waals surface area contributed by atoms with E-state index in [-0.39, 0.29) is 0 Å². The van der Waals surface area contributed by atoms with Crippen molar-refractivity contribution in [2.75, 3.05) is 0 Å². The van der Waals surface area contributed by atoms with E-state index in [1.54, 1.807) is 0 Å². The zero-order valence-electron chi connectivity index (χ0n) is 18.7. The highest BCUT2D eigenvalue weighted by Crippen LogP contribution is 2.52. The summed E-state index contributed by atoms with van der Waals surface area (Å²) in [7, 11) is -3.00. The number of benzene rings is 5. The van der Waals surface area contributed by atoms with Gasteiger partial charge in [0.1, 0.15) is 5.65 Å². The third kappa shape index (κ3) is 2.36. The van der Waals surface area contributed by atoms with E-state index < -0.39 is 7.14 Å². The molecule has 0 atom stereocenters. The van der Waals surface area contributed by atoms with Crippen molar-refractivity contribution in [1.82, 2.24) is 9.38 Å². The van der Waals surface area contributed by atoms with Crippen LogP contribution in [0.5, 0.6) is 0 Å². The van der Waals surface area contributed by atoms with E-state index in [1.807, 2.05) is 48.5 Å². The number of rotatable bonds is 1. The maximum atomic E-state index is 14.9. The number of fused-ring (bicyclic) bond motifs is 11. The Balaban J connectivity index is 1.48. The van der Waals surface area contributed by atoms with Crippen LogP contribution in [-0.2, 0) is 4.57 Å². The largest absolute Gasteiger partial charge is 0.309 e. The summed E-state index contributed by atoms with van der Waals surface area (Å²) in [5.74, 6) is 0. The van der Waals surface area contributed by atoms with Crippen molar-refractivity contribution in [3.8, 4) is 11.1 Å². The maximum absolute atomic E-state index is 14.9. The second-order valence-electron chi connectivity index (χ2n) is 9.15. The Labute approximate surface area is 201 Å². The van der Waals surface area contributed by atoms with Crippen molar-refractivity contribution in [1.29, 1.82) is 0 Å². The maximum Gasteiger partial charge on any atom is 0.172 e. The lowest BCUT2D eigenvalue weighted by atomic mass is 10.1. The lowest BCUT2D eigenvalue weighted by Crippen LogP contribution is -2.20. The van der Waals surface area contributed by atoms with Gasteiger partial charge in [-0.2, -0.15) is 0 Å². The first-order chi connectivity index (χ1) is 17.2. The van der Waals surface area contributed by atoms with E-state index >= 15 is 0 Å². The molecule has 5 aromatic carbocycles. The summed E-state index contributed by atoms with van der Waals surface area (Å²) in [5, 5.41) is 6.18. The van der Waals surface area contributed by atoms with Gasteiger partial charge in [-0.15, -0.1) is 0 Å². The summed E-state index contributed by atoms with van der Waals surface area (Å²) in [4.78, 5) is 5.11. The van der Waals surface area contributed by atoms with Gasteiger partial charge in [0.15, 0.2) is 7.14 Å². The SMILES string of the molecule is O=P1(c2ccc3c(c2)nc2c4ccccc4c4ccccc4n32)c2ccccc2-c2ccccc21. The molecule has 35 heavy (non-hydrogen) atoms. The standard InChI is InChI=1S/C31H19N2OP/c34-35(29-15-7-4-11-23(29)24-12-5-8-16-30(24)35)20-17-18-28-26(19-20)32-31-25-13-2-1-9-21(25)22-10-3-6-14-27(22)33(28)31/h1-19H. The van der Waals surface area contributed by atoms with Crippen LogP contribution in [0.25, 0.3) is 49.5 Å². The predicted molar refractivity (Wildman–Crippen MR) is 146 cm³/mol. The molecule has 1 aliphatic heterocycles. The monoisotopic (exact) mass is 466 g/mol. The molecule has 4 heteroatoms. The van der Waals surface area contributed by atoms with Crippen LogP contribution >= 0.6 is 7.14 Å². The molecule has 164 valence electrons. The highest BCUT2D eigenvalue weighted by atomic mass is 31.2. The third-order valence-electron chi connectivity index (χ3n) is 7.38. The Morgan fingerprint density at radius 3 is 1.91 bits per heavy atom. The van der Waals surface area contributed by atoms with Gasteiger partial charge in [-0.1, -0.05) is 91.0 Å². The summed E-state index contributed by atoms with van der Waals surface area (Å²) < 4.78 is 17.1. The van der Waals surface area contributed by atoms with Gasteiger partial charge in [-0.3, -0.25) is 4.40 Å². The van der Waals surface area contributed by atoms with E-state index in [2.05, 4.69) is 71.1 Å². The van der Waals surface area contributed by atoms with Gasteiger partial charge in [0.2, 0.25) is 0 Å². The Kier molecular flexibility index (Phi) is 3.66. The van der Waals surface area contributed by atoms with Gasteiger partial charge in [0.25, 0.3) is 0 Å². The fourth-order valence-electron chi connectivity index (χ4n) is 5.86. The summed E-state index contributed by atoms with van der Waals surface area (Å²) in [6.07, 6.45) is 0. The molecular weight excluding hydrogens is 447 g/mol. The quantitative estimate of drug-likeness (QED) is 0.207. The van der Waals surface area contributed by atoms with E-state index in [0.717, 1.165) is 54.6 Å². The molecule has 0 amide bonds. The van der Waals surface area contributed by atoms with Crippen LogP contribution in [-0.4, -0.2) is 9.38 Å². The minimum absolute atomic E-state index is 0.833. The minimum Gasteiger partial charge on any atom is -0.309 e. The normalized spacial score (nSPS) is 14.1. The first-order valence-electron chi connectivity index (χ1n) is 11.8. The molecule has 2 aromatic heterocycles. The summed E-state index contributed by atoms with van der Waals surface area (Å²) >= 11 is 0. The number of hydrogen-bond donors (Lipinski definition) is 0. The highest BCUT2D eigenvalue weighted by Gasteiger charge is 2.40. The van der Waals surface area contributed by atoms with Crippen molar-refractivity contribution in [3.63, 3.8) is 0 Å². The van der Waals surface area contributed by atoms with Crippen molar-refractivity contribution in [3.05, 3.63) is 115 Å². The topological polar surface area (TPSA) is 34.4 Å². The number of para-hydroxylation sites is 1. The molecule has 0 aliphatic carbocycles. The molecule has 1 aliphatic rings. The Morgan fingerprint density at radius 2 is 1.17 bits per heavy atom. The predicted octanol–water partition coefficient (Wildman–Crippen LogP) is 6.41. The summed E-state index contributed by atoms with van der Waals surface area (Å²) in [5.41, 5.74) is 6.08. The zero-order chi connectivity index (χ0) is 23.1. The number of hydrogen-bond acceptors (Lipinski definition) is 2. The van der Waals surface area contributed by atoms with Gasteiger partial charge in [-0.25, -0.2) is 4.98 Å². The molecule has 8 rings (SSSR count). The molecule has 0 radical (unpaired) electrons. The Morgan fingerprint density at radius 1 is 0.571 bits per heavy atom. The van der Waals surface area contributed by atoms with Crippen molar-refractivity contribution in [2.45, 2.75) is 0 Å². The van der Waals surface area contributed by atoms with Crippen molar-refractivity contribution >= 4 is 61.4 Å². The molecule has 7 aromatic rings. The van der Waals surface area contributed by atoms with Crippen molar-refractivity contribution < 1.29 is 4.57 Å². The number of pyridine rings is 1. The first kappa shape index (κ1) is 19.1. The molecule has 0 saturated heterocycles. The average Bonchev–Trinajstić information content (AvgIpc) is 3.44. The van der Waals surface area contributed by atoms with Crippen LogP contribution in [0.1, 0.15) is 0 Å². The van der Waals surface area contributed by atoms with Crippen LogP contribution in [0.4, 0.5) is 0 Å². The minimum atomic E-state index is -3.00. The molecule has 3 nitrogen and oxygen atoms in total. The molecular formula is C31H19N2OP. The van der Waals surface area contributed by atoms with Gasteiger partial charge in [0, 0.05) is 26.7 Å². The Bertz CT molecular complexity index is 2000. The van der Waals surface area contributed by atoms with Gasteiger partial charge in [-0.05, 0) is 40.8 Å². The molecule has 0 fully saturated rings. The van der Waals surface area contributed by atoms with Crippen LogP contribution in [0.3, 0.4) is 0 Å². The fourth-order valence-corrected chi connectivity index (χ4v) is 8.92. The average molecular weight is 466 g/mol. The van der Waals surface area contributed by atoms with Crippen LogP contribution in [0, 0.1) is 0 Å². The Hall–Kier alpha value is -4.20. The summed E-state index contributed by atoms with van der Waals surface area (Å²) in [6.45, 7) is 0. The lowest BCUT2D eigenvalue weighted by molar-refractivity contribution is 0.593. The van der Waals surface area contributed by atoms with Gasteiger partial charge in [0.05, 0.1) is 16.6 Å². The molecule has 0 saturated carbocycles. The van der Waals surface area contributed by atoms with Crippen LogP contribution in [0.15, 0.2) is 115 Å². The van der Waals surface area contributed by atoms with Gasteiger partial charge < -0.3 is 4.57 Å². The van der Waals surface area contributed by atoms with E-state index in [1.165, 1.54) is 10.8 Å². The molecule has 3 heterocycles. The van der Waals surface area contributed by atoms with Gasteiger partial charge >= 0.3 is 0 Å².